The number of carbonyl (C=O) groups is 2. The molecule has 4 nitrogen and oxygen atoms in total. The van der Waals surface area contributed by atoms with Crippen LogP contribution in [0.4, 0.5) is 5.69 Å². The summed E-state index contributed by atoms with van der Waals surface area (Å²) in [6, 6.07) is 25.2. The van der Waals surface area contributed by atoms with E-state index >= 15 is 0 Å². The van der Waals surface area contributed by atoms with Gasteiger partial charge in [0, 0.05) is 12.2 Å². The van der Waals surface area contributed by atoms with Crippen LogP contribution < -0.4 is 5.32 Å². The highest BCUT2D eigenvalue weighted by Gasteiger charge is 2.38. The van der Waals surface area contributed by atoms with Crippen LogP contribution in [0, 0.1) is 13.8 Å². The molecule has 0 saturated heterocycles. The summed E-state index contributed by atoms with van der Waals surface area (Å²) < 4.78 is 0. The van der Waals surface area contributed by atoms with E-state index < -0.39 is 0 Å². The number of aryl methyl sites for hydroxylation is 2. The SMILES string of the molecule is Cc1ccc(NC2=C(c3ccccc3)C(=O)N(CCc3ccccc3)C2=O)cc1C. The summed E-state index contributed by atoms with van der Waals surface area (Å²) in [5.41, 5.74) is 5.69. The van der Waals surface area contributed by atoms with Crippen molar-refractivity contribution in [1.29, 1.82) is 0 Å². The van der Waals surface area contributed by atoms with Crippen LogP contribution in [-0.2, 0) is 16.0 Å². The quantitative estimate of drug-likeness (QED) is 0.613. The zero-order chi connectivity index (χ0) is 21.1. The molecule has 30 heavy (non-hydrogen) atoms. The van der Waals surface area contributed by atoms with Crippen molar-refractivity contribution in [2.75, 3.05) is 11.9 Å². The predicted molar refractivity (Wildman–Crippen MR) is 120 cm³/mol. The minimum Gasteiger partial charge on any atom is -0.350 e. The number of nitrogens with one attached hydrogen (secondary N) is 1. The van der Waals surface area contributed by atoms with Gasteiger partial charge in [0.05, 0.1) is 5.57 Å². The van der Waals surface area contributed by atoms with Gasteiger partial charge < -0.3 is 5.32 Å². The third-order valence-electron chi connectivity index (χ3n) is 5.47. The van der Waals surface area contributed by atoms with Gasteiger partial charge in [0.15, 0.2) is 0 Å². The molecule has 0 aliphatic carbocycles. The first-order chi connectivity index (χ1) is 14.5. The Labute approximate surface area is 176 Å². The number of amides is 2. The van der Waals surface area contributed by atoms with Gasteiger partial charge in [0.2, 0.25) is 0 Å². The van der Waals surface area contributed by atoms with Crippen molar-refractivity contribution >= 4 is 23.1 Å². The fraction of sp³-hybridized carbons (Fsp3) is 0.154. The fourth-order valence-electron chi connectivity index (χ4n) is 3.62. The normalized spacial score (nSPS) is 13.9. The van der Waals surface area contributed by atoms with Gasteiger partial charge in [-0.25, -0.2) is 0 Å². The van der Waals surface area contributed by atoms with Crippen LogP contribution in [-0.4, -0.2) is 23.3 Å². The molecular weight excluding hydrogens is 372 g/mol. The molecule has 1 aliphatic heterocycles. The molecule has 150 valence electrons. The summed E-state index contributed by atoms with van der Waals surface area (Å²) in [7, 11) is 0. The Morgan fingerprint density at radius 1 is 0.767 bits per heavy atom. The number of nitrogens with zero attached hydrogens (tertiary/aromatic N) is 1. The number of benzene rings is 3. The average Bonchev–Trinajstić information content (AvgIpc) is 3.00. The van der Waals surface area contributed by atoms with Gasteiger partial charge in [0.1, 0.15) is 5.70 Å². The molecule has 0 unspecified atom stereocenters. The Morgan fingerprint density at radius 2 is 1.43 bits per heavy atom. The topological polar surface area (TPSA) is 49.4 Å². The molecule has 0 spiro atoms. The van der Waals surface area contributed by atoms with Gasteiger partial charge in [-0.05, 0) is 54.7 Å². The molecule has 4 rings (SSSR count). The molecule has 1 aliphatic rings. The first-order valence-electron chi connectivity index (χ1n) is 10.1. The van der Waals surface area contributed by atoms with Crippen LogP contribution in [0.25, 0.3) is 5.57 Å². The lowest BCUT2D eigenvalue weighted by Crippen LogP contribution is -2.34. The van der Waals surface area contributed by atoms with Crippen molar-refractivity contribution in [3.05, 3.63) is 107 Å². The molecular formula is C26H24N2O2. The van der Waals surface area contributed by atoms with Crippen LogP contribution in [0.2, 0.25) is 0 Å². The second-order valence-electron chi connectivity index (χ2n) is 7.54. The van der Waals surface area contributed by atoms with E-state index in [2.05, 4.69) is 5.32 Å². The minimum atomic E-state index is -0.284. The van der Waals surface area contributed by atoms with E-state index in [1.165, 1.54) is 10.5 Å². The minimum absolute atomic E-state index is 0.256. The lowest BCUT2D eigenvalue weighted by atomic mass is 10.0. The third kappa shape index (κ3) is 3.90. The largest absolute Gasteiger partial charge is 0.350 e. The summed E-state index contributed by atoms with van der Waals surface area (Å²) >= 11 is 0. The maximum absolute atomic E-state index is 13.3. The second-order valence-corrected chi connectivity index (χ2v) is 7.54. The average molecular weight is 396 g/mol. The molecule has 0 fully saturated rings. The first-order valence-corrected chi connectivity index (χ1v) is 10.1. The smallest absolute Gasteiger partial charge is 0.278 e. The summed E-state index contributed by atoms with van der Waals surface area (Å²) in [5, 5.41) is 3.23. The number of anilines is 1. The Kier molecular flexibility index (Phi) is 5.48. The maximum atomic E-state index is 13.3. The van der Waals surface area contributed by atoms with E-state index in [1.54, 1.807) is 0 Å². The van der Waals surface area contributed by atoms with E-state index in [9.17, 15) is 9.59 Å². The van der Waals surface area contributed by atoms with Gasteiger partial charge in [-0.2, -0.15) is 0 Å². The lowest BCUT2D eigenvalue weighted by molar-refractivity contribution is -0.136. The van der Waals surface area contributed by atoms with Crippen molar-refractivity contribution in [2.45, 2.75) is 20.3 Å². The van der Waals surface area contributed by atoms with Crippen molar-refractivity contribution < 1.29 is 9.59 Å². The van der Waals surface area contributed by atoms with E-state index in [1.807, 2.05) is 92.7 Å². The highest BCUT2D eigenvalue weighted by atomic mass is 16.2. The Morgan fingerprint density at radius 3 is 2.10 bits per heavy atom. The van der Waals surface area contributed by atoms with Gasteiger partial charge in [-0.1, -0.05) is 66.7 Å². The number of rotatable bonds is 6. The standard InChI is InChI=1S/C26H24N2O2/c1-18-13-14-22(17-19(18)2)27-24-23(21-11-7-4-8-12-21)25(29)28(26(24)30)16-15-20-9-5-3-6-10-20/h3-14,17,27H,15-16H2,1-2H3. The molecule has 3 aromatic rings. The van der Waals surface area contributed by atoms with Crippen molar-refractivity contribution in [2.24, 2.45) is 0 Å². The Bertz CT molecular complexity index is 1120. The fourth-order valence-corrected chi connectivity index (χ4v) is 3.62. The Hall–Kier alpha value is -3.66. The monoisotopic (exact) mass is 396 g/mol. The molecule has 0 bridgehead atoms. The predicted octanol–water partition coefficient (Wildman–Crippen LogP) is 4.74. The zero-order valence-electron chi connectivity index (χ0n) is 17.2. The van der Waals surface area contributed by atoms with Gasteiger partial charge in [-0.3, -0.25) is 14.5 Å². The summed E-state index contributed by atoms with van der Waals surface area (Å²) in [6.07, 6.45) is 0.622. The van der Waals surface area contributed by atoms with Crippen LogP contribution in [0.3, 0.4) is 0 Å². The maximum Gasteiger partial charge on any atom is 0.278 e. The Balaban J connectivity index is 1.66. The molecule has 1 N–H and O–H groups in total. The molecule has 3 aromatic carbocycles. The molecule has 2 amide bonds. The third-order valence-corrected chi connectivity index (χ3v) is 5.47. The van der Waals surface area contributed by atoms with Crippen molar-refractivity contribution in [3.8, 4) is 0 Å². The van der Waals surface area contributed by atoms with Gasteiger partial charge in [0.25, 0.3) is 11.8 Å². The number of imide groups is 1. The van der Waals surface area contributed by atoms with Crippen LogP contribution in [0.1, 0.15) is 22.3 Å². The summed E-state index contributed by atoms with van der Waals surface area (Å²) in [4.78, 5) is 27.9. The number of carbonyl (C=O) groups excluding carboxylic acids is 2. The number of hydrogen-bond donors (Lipinski definition) is 1. The lowest BCUT2D eigenvalue weighted by Gasteiger charge is -2.15. The highest BCUT2D eigenvalue weighted by molar-refractivity contribution is 6.36. The second kappa shape index (κ2) is 8.37. The van der Waals surface area contributed by atoms with Crippen molar-refractivity contribution in [1.82, 2.24) is 4.90 Å². The van der Waals surface area contributed by atoms with Crippen molar-refractivity contribution in [3.63, 3.8) is 0 Å². The molecule has 0 saturated carbocycles. The molecule has 0 radical (unpaired) electrons. The summed E-state index contributed by atoms with van der Waals surface area (Å²) in [5.74, 6) is -0.540. The first kappa shape index (κ1) is 19.6. The molecule has 0 aromatic heterocycles. The van der Waals surface area contributed by atoms with E-state index in [-0.39, 0.29) is 11.8 Å². The molecule has 4 heteroatoms. The van der Waals surface area contributed by atoms with E-state index in [0.29, 0.717) is 24.2 Å². The van der Waals surface area contributed by atoms with Gasteiger partial charge >= 0.3 is 0 Å². The van der Waals surface area contributed by atoms with Crippen LogP contribution in [0.5, 0.6) is 0 Å². The summed E-state index contributed by atoms with van der Waals surface area (Å²) in [6.45, 7) is 4.42. The van der Waals surface area contributed by atoms with Crippen LogP contribution in [0.15, 0.2) is 84.6 Å². The van der Waals surface area contributed by atoms with Gasteiger partial charge in [-0.15, -0.1) is 0 Å². The van der Waals surface area contributed by atoms with Crippen LogP contribution >= 0.6 is 0 Å². The highest BCUT2D eigenvalue weighted by Crippen LogP contribution is 2.31. The molecule has 1 heterocycles. The van der Waals surface area contributed by atoms with E-state index in [4.69, 9.17) is 0 Å². The van der Waals surface area contributed by atoms with E-state index in [0.717, 1.165) is 22.4 Å². The molecule has 0 atom stereocenters. The zero-order valence-corrected chi connectivity index (χ0v) is 17.2. The number of hydrogen-bond acceptors (Lipinski definition) is 3.